The summed E-state index contributed by atoms with van der Waals surface area (Å²) in [6.45, 7) is 0.922. The molecule has 4 heteroatoms. The summed E-state index contributed by atoms with van der Waals surface area (Å²) >= 11 is 0. The first-order chi connectivity index (χ1) is 12.2. The predicted octanol–water partition coefficient (Wildman–Crippen LogP) is 4.60. The van der Waals surface area contributed by atoms with Crippen LogP contribution in [0.4, 0.5) is 4.39 Å². The Labute approximate surface area is 146 Å². The summed E-state index contributed by atoms with van der Waals surface area (Å²) in [6.07, 6.45) is 0. The van der Waals surface area contributed by atoms with Crippen LogP contribution in [0.3, 0.4) is 0 Å². The van der Waals surface area contributed by atoms with E-state index in [-0.39, 0.29) is 5.82 Å². The Morgan fingerprint density at radius 2 is 1.24 bits per heavy atom. The normalized spacial score (nSPS) is 10.6. The van der Waals surface area contributed by atoms with Gasteiger partial charge in [-0.25, -0.2) is 9.18 Å². The van der Waals surface area contributed by atoms with Crippen LogP contribution in [0.1, 0.15) is 21.5 Å². The van der Waals surface area contributed by atoms with E-state index in [9.17, 15) is 9.18 Å². The molecule has 0 aliphatic rings. The monoisotopic (exact) mass is 335 g/mol. The average Bonchev–Trinajstić information content (AvgIpc) is 2.64. The molecule has 3 aromatic rings. The fourth-order valence-electron chi connectivity index (χ4n) is 2.45. The largest absolute Gasteiger partial charge is 0.363 e. The van der Waals surface area contributed by atoms with Crippen LogP contribution in [0.2, 0.25) is 0 Å². The Hall–Kier alpha value is -2.98. The van der Waals surface area contributed by atoms with Crippen LogP contribution in [0, 0.1) is 5.82 Å². The smallest absolute Gasteiger partial charge is 0.357 e. The molecule has 126 valence electrons. The molecule has 0 spiro atoms. The van der Waals surface area contributed by atoms with Gasteiger partial charge in [-0.2, -0.15) is 0 Å². The maximum atomic E-state index is 13.0. The molecule has 0 amide bonds. The number of benzene rings is 3. The Morgan fingerprint density at radius 1 is 0.760 bits per heavy atom. The first-order valence-electron chi connectivity index (χ1n) is 8.01. The van der Waals surface area contributed by atoms with E-state index < -0.39 is 5.97 Å². The van der Waals surface area contributed by atoms with Crippen LogP contribution in [0.15, 0.2) is 84.9 Å². The summed E-state index contributed by atoms with van der Waals surface area (Å²) in [5.41, 5.74) is 2.38. The van der Waals surface area contributed by atoms with Gasteiger partial charge in [0.05, 0.1) is 18.7 Å². The van der Waals surface area contributed by atoms with Gasteiger partial charge in [0, 0.05) is 0 Å². The molecule has 0 fully saturated rings. The van der Waals surface area contributed by atoms with E-state index in [2.05, 4.69) is 0 Å². The molecule has 3 aromatic carbocycles. The van der Waals surface area contributed by atoms with Crippen LogP contribution in [-0.2, 0) is 17.9 Å². The fourth-order valence-corrected chi connectivity index (χ4v) is 2.45. The second-order valence-corrected chi connectivity index (χ2v) is 5.65. The minimum atomic E-state index is -0.508. The molecule has 0 saturated heterocycles. The number of halogens is 1. The van der Waals surface area contributed by atoms with Gasteiger partial charge in [0.1, 0.15) is 5.82 Å². The molecular formula is C21H18FNO2. The van der Waals surface area contributed by atoms with E-state index in [1.54, 1.807) is 5.06 Å². The van der Waals surface area contributed by atoms with Gasteiger partial charge in [-0.3, -0.25) is 0 Å². The molecule has 0 N–H and O–H groups in total. The Morgan fingerprint density at radius 3 is 1.72 bits per heavy atom. The third kappa shape index (κ3) is 4.99. The first-order valence-corrected chi connectivity index (χ1v) is 8.01. The highest BCUT2D eigenvalue weighted by Gasteiger charge is 2.15. The Kier molecular flexibility index (Phi) is 5.54. The number of rotatable bonds is 6. The zero-order valence-corrected chi connectivity index (χ0v) is 13.6. The molecule has 0 radical (unpaired) electrons. The van der Waals surface area contributed by atoms with E-state index in [1.807, 2.05) is 60.7 Å². The van der Waals surface area contributed by atoms with Gasteiger partial charge in [-0.1, -0.05) is 60.7 Å². The van der Waals surface area contributed by atoms with Gasteiger partial charge in [0.15, 0.2) is 0 Å². The lowest BCUT2D eigenvalue weighted by atomic mass is 10.2. The number of carbonyl (C=O) groups excluding carboxylic acids is 1. The first kappa shape index (κ1) is 16.9. The van der Waals surface area contributed by atoms with E-state index in [4.69, 9.17) is 4.84 Å². The van der Waals surface area contributed by atoms with Crippen molar-refractivity contribution in [2.45, 2.75) is 13.1 Å². The summed E-state index contributed by atoms with van der Waals surface area (Å²) in [7, 11) is 0. The third-order valence-electron chi connectivity index (χ3n) is 3.70. The number of carbonyl (C=O) groups is 1. The molecular weight excluding hydrogens is 317 g/mol. The van der Waals surface area contributed by atoms with Gasteiger partial charge >= 0.3 is 5.97 Å². The van der Waals surface area contributed by atoms with Crippen molar-refractivity contribution in [3.8, 4) is 0 Å². The quantitative estimate of drug-likeness (QED) is 0.617. The van der Waals surface area contributed by atoms with Crippen molar-refractivity contribution < 1.29 is 14.0 Å². The maximum Gasteiger partial charge on any atom is 0.357 e. The van der Waals surface area contributed by atoms with Crippen LogP contribution < -0.4 is 0 Å². The molecule has 0 aliphatic heterocycles. The summed E-state index contributed by atoms with van der Waals surface area (Å²) in [4.78, 5) is 17.9. The molecule has 25 heavy (non-hydrogen) atoms. The topological polar surface area (TPSA) is 29.5 Å². The van der Waals surface area contributed by atoms with Crippen LogP contribution in [-0.4, -0.2) is 11.0 Å². The minimum absolute atomic E-state index is 0.313. The van der Waals surface area contributed by atoms with Gasteiger partial charge in [-0.15, -0.1) is 5.06 Å². The molecule has 0 unspecified atom stereocenters. The molecule has 0 atom stereocenters. The highest BCUT2D eigenvalue weighted by Crippen LogP contribution is 2.13. The molecule has 0 heterocycles. The number of hydroxylamine groups is 2. The molecule has 3 rings (SSSR count). The highest BCUT2D eigenvalue weighted by atomic mass is 19.1. The zero-order chi connectivity index (χ0) is 17.5. The summed E-state index contributed by atoms with van der Waals surface area (Å²) in [5.74, 6) is -0.895. The zero-order valence-electron chi connectivity index (χ0n) is 13.6. The van der Waals surface area contributed by atoms with Crippen molar-refractivity contribution >= 4 is 5.97 Å². The lowest BCUT2D eigenvalue weighted by Crippen LogP contribution is -2.26. The number of nitrogens with zero attached hydrogens (tertiary/aromatic N) is 1. The second kappa shape index (κ2) is 8.22. The SMILES string of the molecule is O=C(ON(Cc1ccccc1)Cc1ccccc1)c1ccc(F)cc1. The van der Waals surface area contributed by atoms with Gasteiger partial charge in [0.2, 0.25) is 0 Å². The van der Waals surface area contributed by atoms with Crippen LogP contribution >= 0.6 is 0 Å². The van der Waals surface area contributed by atoms with Crippen LogP contribution in [0.5, 0.6) is 0 Å². The molecule has 0 saturated carbocycles. The molecule has 0 aromatic heterocycles. The van der Waals surface area contributed by atoms with Gasteiger partial charge < -0.3 is 4.84 Å². The third-order valence-corrected chi connectivity index (χ3v) is 3.70. The average molecular weight is 335 g/mol. The van der Waals surface area contributed by atoms with E-state index in [0.717, 1.165) is 11.1 Å². The van der Waals surface area contributed by atoms with Crippen molar-refractivity contribution in [3.05, 3.63) is 107 Å². The lowest BCUT2D eigenvalue weighted by Gasteiger charge is -2.21. The fraction of sp³-hybridized carbons (Fsp3) is 0.0952. The lowest BCUT2D eigenvalue weighted by molar-refractivity contribution is -0.123. The van der Waals surface area contributed by atoms with Crippen molar-refractivity contribution in [2.24, 2.45) is 0 Å². The van der Waals surface area contributed by atoms with Crippen LogP contribution in [0.25, 0.3) is 0 Å². The summed E-state index contributed by atoms with van der Waals surface area (Å²) in [5, 5.41) is 1.61. The van der Waals surface area contributed by atoms with Crippen molar-refractivity contribution in [3.63, 3.8) is 0 Å². The maximum absolute atomic E-state index is 13.0. The summed E-state index contributed by atoms with van der Waals surface area (Å²) < 4.78 is 13.0. The predicted molar refractivity (Wildman–Crippen MR) is 93.9 cm³/mol. The molecule has 0 aliphatic carbocycles. The van der Waals surface area contributed by atoms with E-state index in [0.29, 0.717) is 18.7 Å². The Bertz CT molecular complexity index is 763. The van der Waals surface area contributed by atoms with Crippen molar-refractivity contribution in [2.75, 3.05) is 0 Å². The van der Waals surface area contributed by atoms with Crippen molar-refractivity contribution in [1.82, 2.24) is 5.06 Å². The number of hydrogen-bond acceptors (Lipinski definition) is 3. The van der Waals surface area contributed by atoms with E-state index >= 15 is 0 Å². The standard InChI is InChI=1S/C21H18FNO2/c22-20-13-11-19(12-14-20)21(24)25-23(15-17-7-3-1-4-8-17)16-18-9-5-2-6-10-18/h1-14H,15-16H2. The molecule has 3 nitrogen and oxygen atoms in total. The van der Waals surface area contributed by atoms with Crippen molar-refractivity contribution in [1.29, 1.82) is 0 Å². The molecule has 0 bridgehead atoms. The van der Waals surface area contributed by atoms with Gasteiger partial charge in [0.25, 0.3) is 0 Å². The number of hydrogen-bond donors (Lipinski definition) is 0. The van der Waals surface area contributed by atoms with Gasteiger partial charge in [-0.05, 0) is 35.4 Å². The second-order valence-electron chi connectivity index (χ2n) is 5.65. The Balaban J connectivity index is 1.75. The highest BCUT2D eigenvalue weighted by molar-refractivity contribution is 5.89. The summed E-state index contributed by atoms with van der Waals surface area (Å²) in [6, 6.07) is 24.9. The van der Waals surface area contributed by atoms with E-state index in [1.165, 1.54) is 24.3 Å². The minimum Gasteiger partial charge on any atom is -0.363 e.